The summed E-state index contributed by atoms with van der Waals surface area (Å²) in [4.78, 5) is 13.6. The molecule has 2 rings (SSSR count). The van der Waals surface area contributed by atoms with Crippen LogP contribution >= 0.6 is 11.3 Å². The molecule has 0 unspecified atom stereocenters. The van der Waals surface area contributed by atoms with E-state index in [9.17, 15) is 4.79 Å². The molecule has 0 amide bonds. The van der Waals surface area contributed by atoms with Gasteiger partial charge in [0.05, 0.1) is 0 Å². The van der Waals surface area contributed by atoms with Gasteiger partial charge in [0.25, 0.3) is 0 Å². The van der Waals surface area contributed by atoms with Gasteiger partial charge in [0, 0.05) is 21.7 Å². The molecule has 1 nitrogen and oxygen atoms in total. The van der Waals surface area contributed by atoms with Crippen molar-refractivity contribution >= 4 is 17.1 Å². The predicted molar refractivity (Wildman–Crippen MR) is 78.4 cm³/mol. The molecule has 0 aromatic carbocycles. The number of hydrogen-bond donors (Lipinski definition) is 0. The Morgan fingerprint density at radius 1 is 1.33 bits per heavy atom. The Labute approximate surface area is 115 Å². The summed E-state index contributed by atoms with van der Waals surface area (Å²) in [5, 5.41) is 2.03. The molecule has 1 heterocycles. The summed E-state index contributed by atoms with van der Waals surface area (Å²) in [5.41, 5.74) is 0.953. The third-order valence-corrected chi connectivity index (χ3v) is 5.06. The van der Waals surface area contributed by atoms with E-state index in [1.54, 1.807) is 11.3 Å². The van der Waals surface area contributed by atoms with Gasteiger partial charge in [-0.2, -0.15) is 0 Å². The normalized spacial score (nSPS) is 24.1. The molecule has 2 heteroatoms. The minimum Gasteiger partial charge on any atom is -0.294 e. The van der Waals surface area contributed by atoms with Crippen LogP contribution in [0.15, 0.2) is 11.4 Å². The van der Waals surface area contributed by atoms with Crippen LogP contribution in [0, 0.1) is 18.8 Å². The quantitative estimate of drug-likeness (QED) is 0.665. The number of carbonyl (C=O) groups is 1. The molecule has 1 aliphatic carbocycles. The number of Topliss-reactive ketones (excluding diaryl/α,β-unsaturated/α-hetero) is 1. The predicted octanol–water partition coefficient (Wildman–Crippen LogP) is 5.24. The maximum absolute atomic E-state index is 12.3. The Kier molecular flexibility index (Phi) is 4.99. The van der Waals surface area contributed by atoms with Crippen molar-refractivity contribution in [1.29, 1.82) is 0 Å². The fraction of sp³-hybridized carbons (Fsp3) is 0.688. The van der Waals surface area contributed by atoms with Crippen LogP contribution in [0.3, 0.4) is 0 Å². The van der Waals surface area contributed by atoms with E-state index >= 15 is 0 Å². The minimum atomic E-state index is 0.303. The second kappa shape index (κ2) is 6.51. The zero-order valence-corrected chi connectivity index (χ0v) is 12.4. The number of rotatable bonds is 5. The van der Waals surface area contributed by atoms with Gasteiger partial charge in [0.1, 0.15) is 0 Å². The SMILES string of the molecule is CCCCC1CCC(C(=O)c2csc(C)c2)CC1. The highest BCUT2D eigenvalue weighted by Gasteiger charge is 2.26. The summed E-state index contributed by atoms with van der Waals surface area (Å²) in [6.45, 7) is 4.33. The Bertz CT molecular complexity index is 386. The van der Waals surface area contributed by atoms with Gasteiger partial charge in [0.2, 0.25) is 0 Å². The van der Waals surface area contributed by atoms with Crippen molar-refractivity contribution in [3.05, 3.63) is 21.9 Å². The fourth-order valence-electron chi connectivity index (χ4n) is 3.01. The summed E-state index contributed by atoms with van der Waals surface area (Å²) < 4.78 is 0. The van der Waals surface area contributed by atoms with E-state index in [2.05, 4.69) is 19.9 Å². The van der Waals surface area contributed by atoms with Crippen molar-refractivity contribution < 1.29 is 4.79 Å². The first-order valence-electron chi connectivity index (χ1n) is 7.30. The number of unbranched alkanes of at least 4 members (excludes halogenated alkanes) is 1. The van der Waals surface area contributed by atoms with Gasteiger partial charge in [-0.3, -0.25) is 4.79 Å². The lowest BCUT2D eigenvalue weighted by atomic mass is 9.77. The van der Waals surface area contributed by atoms with E-state index in [1.807, 2.05) is 5.38 Å². The lowest BCUT2D eigenvalue weighted by Crippen LogP contribution is -2.21. The first-order chi connectivity index (χ1) is 8.70. The highest BCUT2D eigenvalue weighted by molar-refractivity contribution is 7.10. The largest absolute Gasteiger partial charge is 0.294 e. The van der Waals surface area contributed by atoms with Crippen LogP contribution in [-0.2, 0) is 0 Å². The molecule has 100 valence electrons. The topological polar surface area (TPSA) is 17.1 Å². The molecule has 0 radical (unpaired) electrons. The molecule has 18 heavy (non-hydrogen) atoms. The molecule has 0 atom stereocenters. The molecule has 1 aromatic rings. The molecule has 0 aliphatic heterocycles. The van der Waals surface area contributed by atoms with Gasteiger partial charge in [-0.15, -0.1) is 11.3 Å². The number of hydrogen-bond acceptors (Lipinski definition) is 2. The zero-order valence-electron chi connectivity index (χ0n) is 11.6. The van der Waals surface area contributed by atoms with Gasteiger partial charge >= 0.3 is 0 Å². The molecule has 1 saturated carbocycles. The summed E-state index contributed by atoms with van der Waals surface area (Å²) >= 11 is 1.69. The molecule has 0 bridgehead atoms. The summed E-state index contributed by atoms with van der Waals surface area (Å²) in [6, 6.07) is 2.05. The lowest BCUT2D eigenvalue weighted by Gasteiger charge is -2.27. The van der Waals surface area contributed by atoms with E-state index in [0.29, 0.717) is 11.7 Å². The zero-order chi connectivity index (χ0) is 13.0. The van der Waals surface area contributed by atoms with Crippen LogP contribution in [0.5, 0.6) is 0 Å². The third-order valence-electron chi connectivity index (χ3n) is 4.20. The van der Waals surface area contributed by atoms with Gasteiger partial charge in [-0.1, -0.05) is 26.2 Å². The van der Waals surface area contributed by atoms with E-state index in [4.69, 9.17) is 0 Å². The van der Waals surface area contributed by atoms with Gasteiger partial charge in [0.15, 0.2) is 5.78 Å². The van der Waals surface area contributed by atoms with E-state index in [0.717, 1.165) is 24.3 Å². The molecule has 1 aromatic heterocycles. The standard InChI is InChI=1S/C16H24OS/c1-3-4-5-13-6-8-14(9-7-13)16(17)15-10-12(2)18-11-15/h10-11,13-14H,3-9H2,1-2H3. The van der Waals surface area contributed by atoms with Crippen LogP contribution in [0.25, 0.3) is 0 Å². The average Bonchev–Trinajstić information content (AvgIpc) is 2.83. The third kappa shape index (κ3) is 3.44. The minimum absolute atomic E-state index is 0.303. The molecule has 0 saturated heterocycles. The number of ketones is 1. The fourth-order valence-corrected chi connectivity index (χ4v) is 3.71. The number of carbonyl (C=O) groups excluding carboxylic acids is 1. The smallest absolute Gasteiger partial charge is 0.166 e. The van der Waals surface area contributed by atoms with Crippen LogP contribution < -0.4 is 0 Å². The first-order valence-corrected chi connectivity index (χ1v) is 8.18. The molecule has 1 fully saturated rings. The Morgan fingerprint density at radius 2 is 2.06 bits per heavy atom. The maximum Gasteiger partial charge on any atom is 0.166 e. The summed E-state index contributed by atoms with van der Waals surface area (Å²) in [7, 11) is 0. The lowest BCUT2D eigenvalue weighted by molar-refractivity contribution is 0.0870. The van der Waals surface area contributed by atoms with Crippen molar-refractivity contribution in [1.82, 2.24) is 0 Å². The van der Waals surface area contributed by atoms with Gasteiger partial charge in [-0.25, -0.2) is 0 Å². The van der Waals surface area contributed by atoms with E-state index < -0.39 is 0 Å². The van der Waals surface area contributed by atoms with E-state index in [-0.39, 0.29) is 0 Å². The maximum atomic E-state index is 12.3. The number of thiophene rings is 1. The second-order valence-corrected chi connectivity index (χ2v) is 6.79. The molecule has 0 N–H and O–H groups in total. The highest BCUT2D eigenvalue weighted by atomic mass is 32.1. The van der Waals surface area contributed by atoms with Crippen molar-refractivity contribution in [2.45, 2.75) is 58.8 Å². The van der Waals surface area contributed by atoms with Crippen LogP contribution in [-0.4, -0.2) is 5.78 Å². The molecular weight excluding hydrogens is 240 g/mol. The van der Waals surface area contributed by atoms with Crippen molar-refractivity contribution in [2.24, 2.45) is 11.8 Å². The van der Waals surface area contributed by atoms with Crippen molar-refractivity contribution in [2.75, 3.05) is 0 Å². The highest BCUT2D eigenvalue weighted by Crippen LogP contribution is 2.34. The van der Waals surface area contributed by atoms with Crippen molar-refractivity contribution in [3.63, 3.8) is 0 Å². The van der Waals surface area contributed by atoms with Crippen LogP contribution in [0.1, 0.15) is 67.1 Å². The van der Waals surface area contributed by atoms with Crippen molar-refractivity contribution in [3.8, 4) is 0 Å². The Morgan fingerprint density at radius 3 is 2.61 bits per heavy atom. The molecule has 0 spiro atoms. The van der Waals surface area contributed by atoms with Crippen LogP contribution in [0.2, 0.25) is 0 Å². The monoisotopic (exact) mass is 264 g/mol. The summed E-state index contributed by atoms with van der Waals surface area (Å²) in [5.74, 6) is 1.59. The van der Waals surface area contributed by atoms with Gasteiger partial charge < -0.3 is 0 Å². The van der Waals surface area contributed by atoms with Crippen LogP contribution in [0.4, 0.5) is 0 Å². The second-order valence-electron chi connectivity index (χ2n) is 5.67. The average molecular weight is 264 g/mol. The Balaban J connectivity index is 1.84. The molecule has 1 aliphatic rings. The molecular formula is C16H24OS. The first kappa shape index (κ1) is 13.8. The van der Waals surface area contributed by atoms with E-state index in [1.165, 1.54) is 37.0 Å². The number of aryl methyl sites for hydroxylation is 1. The summed E-state index contributed by atoms with van der Waals surface area (Å²) in [6.07, 6.45) is 8.78. The van der Waals surface area contributed by atoms with Gasteiger partial charge in [-0.05, 0) is 44.6 Å². The Hall–Kier alpha value is -0.630.